The van der Waals surface area contributed by atoms with Crippen molar-refractivity contribution in [2.45, 2.75) is 33.2 Å². The summed E-state index contributed by atoms with van der Waals surface area (Å²) in [6, 6.07) is 4.17. The van der Waals surface area contributed by atoms with E-state index in [0.717, 1.165) is 6.42 Å². The Balaban J connectivity index is 2.36. The van der Waals surface area contributed by atoms with Crippen LogP contribution in [0, 0.1) is 5.92 Å². The predicted octanol–water partition coefficient (Wildman–Crippen LogP) is 2.92. The van der Waals surface area contributed by atoms with E-state index < -0.39 is 12.0 Å². The van der Waals surface area contributed by atoms with Crippen molar-refractivity contribution in [1.29, 1.82) is 0 Å². The van der Waals surface area contributed by atoms with Crippen LogP contribution in [-0.2, 0) is 9.53 Å². The van der Waals surface area contributed by atoms with E-state index in [0.29, 0.717) is 40.9 Å². The average Bonchev–Trinajstić information content (AvgIpc) is 2.59. The van der Waals surface area contributed by atoms with Gasteiger partial charge in [-0.25, -0.2) is 9.59 Å². The molecule has 0 bridgehead atoms. The van der Waals surface area contributed by atoms with E-state index in [2.05, 4.69) is 24.5 Å². The summed E-state index contributed by atoms with van der Waals surface area (Å²) in [6.45, 7) is 6.13. The highest BCUT2D eigenvalue weighted by Gasteiger charge is 2.34. The molecule has 0 saturated heterocycles. The van der Waals surface area contributed by atoms with E-state index in [1.165, 1.54) is 7.11 Å². The Labute approximate surface area is 153 Å². The SMILES string of the molecule is COc1ccc([C@H]2NC(=O)NC(C)=C2C(=O)OCCC(C)C)c(OC)c1. The fourth-order valence-electron chi connectivity index (χ4n) is 2.72. The Hall–Kier alpha value is -2.70. The molecule has 7 heteroatoms. The molecule has 0 saturated carbocycles. The van der Waals surface area contributed by atoms with Crippen LogP contribution in [0.25, 0.3) is 0 Å². The van der Waals surface area contributed by atoms with Crippen LogP contribution in [0.15, 0.2) is 29.5 Å². The minimum Gasteiger partial charge on any atom is -0.497 e. The highest BCUT2D eigenvalue weighted by atomic mass is 16.5. The number of benzene rings is 1. The van der Waals surface area contributed by atoms with Crippen LogP contribution in [0.2, 0.25) is 0 Å². The Kier molecular flexibility index (Phi) is 6.49. The molecule has 2 amide bonds. The number of allylic oxidation sites excluding steroid dienone is 1. The van der Waals surface area contributed by atoms with Gasteiger partial charge in [-0.1, -0.05) is 13.8 Å². The van der Waals surface area contributed by atoms with Crippen molar-refractivity contribution in [1.82, 2.24) is 10.6 Å². The number of hydrogen-bond donors (Lipinski definition) is 2. The Morgan fingerprint density at radius 2 is 1.96 bits per heavy atom. The van der Waals surface area contributed by atoms with Gasteiger partial charge in [0.2, 0.25) is 0 Å². The van der Waals surface area contributed by atoms with Crippen molar-refractivity contribution in [3.8, 4) is 11.5 Å². The number of esters is 1. The first-order valence-electron chi connectivity index (χ1n) is 8.54. The second-order valence-corrected chi connectivity index (χ2v) is 6.50. The number of rotatable bonds is 7. The molecule has 1 aromatic rings. The summed E-state index contributed by atoms with van der Waals surface area (Å²) in [4.78, 5) is 24.6. The maximum Gasteiger partial charge on any atom is 0.338 e. The molecule has 1 aliphatic heterocycles. The zero-order valence-corrected chi connectivity index (χ0v) is 15.8. The summed E-state index contributed by atoms with van der Waals surface area (Å²) < 4.78 is 16.0. The number of ether oxygens (including phenoxy) is 3. The van der Waals surface area contributed by atoms with Crippen LogP contribution in [0.4, 0.5) is 4.79 Å². The van der Waals surface area contributed by atoms with Gasteiger partial charge in [0.05, 0.1) is 32.4 Å². The highest BCUT2D eigenvalue weighted by Crippen LogP contribution is 2.35. The van der Waals surface area contributed by atoms with E-state index in [4.69, 9.17) is 14.2 Å². The van der Waals surface area contributed by atoms with Crippen LogP contribution < -0.4 is 20.1 Å². The second-order valence-electron chi connectivity index (χ2n) is 6.50. The Bertz CT molecular complexity index is 712. The van der Waals surface area contributed by atoms with Crippen molar-refractivity contribution in [3.05, 3.63) is 35.0 Å². The Morgan fingerprint density at radius 1 is 1.23 bits per heavy atom. The molecule has 0 unspecified atom stereocenters. The van der Waals surface area contributed by atoms with Gasteiger partial charge >= 0.3 is 12.0 Å². The fraction of sp³-hybridized carbons (Fsp3) is 0.474. The molecule has 0 fully saturated rings. The molecule has 1 aliphatic rings. The lowest BCUT2D eigenvalue weighted by molar-refractivity contribution is -0.139. The third kappa shape index (κ3) is 4.47. The van der Waals surface area contributed by atoms with E-state index in [1.807, 2.05) is 0 Å². The van der Waals surface area contributed by atoms with Gasteiger partial charge in [-0.2, -0.15) is 0 Å². The van der Waals surface area contributed by atoms with Crippen LogP contribution in [0.3, 0.4) is 0 Å². The maximum absolute atomic E-state index is 12.7. The summed E-state index contributed by atoms with van der Waals surface area (Å²) >= 11 is 0. The standard InChI is InChI=1S/C19H26N2O5/c1-11(2)8-9-26-18(22)16-12(3)20-19(23)21-17(16)14-7-6-13(24-4)10-15(14)25-5/h6-7,10-11,17H,8-9H2,1-5H3,(H2,20,21,23)/t17-/m1/s1. The number of methoxy groups -OCH3 is 2. The highest BCUT2D eigenvalue weighted by molar-refractivity contribution is 5.95. The second kappa shape index (κ2) is 8.60. The lowest BCUT2D eigenvalue weighted by Crippen LogP contribution is -2.45. The quantitative estimate of drug-likeness (QED) is 0.729. The van der Waals surface area contributed by atoms with Crippen molar-refractivity contribution in [2.75, 3.05) is 20.8 Å². The number of amides is 2. The third-order valence-electron chi connectivity index (χ3n) is 4.17. The lowest BCUT2D eigenvalue weighted by atomic mass is 9.94. The van der Waals surface area contributed by atoms with Crippen LogP contribution in [0.5, 0.6) is 11.5 Å². The Morgan fingerprint density at radius 3 is 2.58 bits per heavy atom. The van der Waals surface area contributed by atoms with E-state index in [-0.39, 0.29) is 6.03 Å². The number of carbonyl (C=O) groups excluding carboxylic acids is 2. The van der Waals surface area contributed by atoms with Gasteiger partial charge in [0.1, 0.15) is 11.5 Å². The first kappa shape index (κ1) is 19.6. The maximum atomic E-state index is 12.7. The molecular formula is C19H26N2O5. The van der Waals surface area contributed by atoms with Crippen LogP contribution in [0.1, 0.15) is 38.8 Å². The molecule has 2 rings (SSSR count). The molecular weight excluding hydrogens is 336 g/mol. The summed E-state index contributed by atoms with van der Waals surface area (Å²) in [5.74, 6) is 1.10. The number of urea groups is 1. The van der Waals surface area contributed by atoms with Crippen LogP contribution in [-0.4, -0.2) is 32.8 Å². The average molecular weight is 362 g/mol. The zero-order valence-electron chi connectivity index (χ0n) is 15.8. The first-order chi connectivity index (χ1) is 12.4. The van der Waals surface area contributed by atoms with Crippen molar-refractivity contribution < 1.29 is 23.8 Å². The molecule has 0 aromatic heterocycles. The van der Waals surface area contributed by atoms with Gasteiger partial charge in [-0.05, 0) is 31.4 Å². The van der Waals surface area contributed by atoms with Crippen LogP contribution >= 0.6 is 0 Å². The number of hydrogen-bond acceptors (Lipinski definition) is 5. The van der Waals surface area contributed by atoms with Crippen molar-refractivity contribution in [2.24, 2.45) is 5.92 Å². The van der Waals surface area contributed by atoms with Crippen molar-refractivity contribution in [3.63, 3.8) is 0 Å². The molecule has 0 radical (unpaired) electrons. The van der Waals surface area contributed by atoms with E-state index >= 15 is 0 Å². The fourth-order valence-corrected chi connectivity index (χ4v) is 2.72. The molecule has 0 aliphatic carbocycles. The largest absolute Gasteiger partial charge is 0.497 e. The van der Waals surface area contributed by atoms with E-state index in [9.17, 15) is 9.59 Å². The third-order valence-corrected chi connectivity index (χ3v) is 4.17. The summed E-state index contributed by atoms with van der Waals surface area (Å²) in [7, 11) is 3.08. The molecule has 1 aromatic carbocycles. The topological polar surface area (TPSA) is 85.9 Å². The number of carbonyl (C=O) groups is 2. The summed E-state index contributed by atoms with van der Waals surface area (Å²) in [5.41, 5.74) is 1.47. The molecule has 7 nitrogen and oxygen atoms in total. The smallest absolute Gasteiger partial charge is 0.338 e. The van der Waals surface area contributed by atoms with Gasteiger partial charge in [-0.3, -0.25) is 0 Å². The first-order valence-corrected chi connectivity index (χ1v) is 8.54. The molecule has 1 heterocycles. The normalized spacial score (nSPS) is 16.8. The molecule has 1 atom stereocenters. The van der Waals surface area contributed by atoms with E-state index in [1.54, 1.807) is 32.2 Å². The minimum absolute atomic E-state index is 0.327. The zero-order chi connectivity index (χ0) is 19.3. The molecule has 26 heavy (non-hydrogen) atoms. The van der Waals surface area contributed by atoms with Gasteiger partial charge in [0.15, 0.2) is 0 Å². The van der Waals surface area contributed by atoms with Gasteiger partial charge in [-0.15, -0.1) is 0 Å². The van der Waals surface area contributed by atoms with Gasteiger partial charge in [0.25, 0.3) is 0 Å². The lowest BCUT2D eigenvalue weighted by Gasteiger charge is -2.29. The summed E-state index contributed by atoms with van der Waals surface area (Å²) in [5, 5.41) is 5.41. The molecule has 0 spiro atoms. The van der Waals surface area contributed by atoms with Crippen molar-refractivity contribution >= 4 is 12.0 Å². The molecule has 142 valence electrons. The predicted molar refractivity (Wildman–Crippen MR) is 97.1 cm³/mol. The minimum atomic E-state index is -0.670. The number of nitrogens with one attached hydrogen (secondary N) is 2. The monoisotopic (exact) mass is 362 g/mol. The molecule has 2 N–H and O–H groups in total. The van der Waals surface area contributed by atoms with Gasteiger partial charge in [0, 0.05) is 17.3 Å². The van der Waals surface area contributed by atoms with Gasteiger partial charge < -0.3 is 24.8 Å². The summed E-state index contributed by atoms with van der Waals surface area (Å²) in [6.07, 6.45) is 0.772.